The monoisotopic (exact) mass is 244 g/mol. The van der Waals surface area contributed by atoms with Crippen molar-refractivity contribution in [2.45, 2.75) is 66.1 Å². The van der Waals surface area contributed by atoms with E-state index >= 15 is 0 Å². The molecule has 0 amide bonds. The van der Waals surface area contributed by atoms with E-state index in [-0.39, 0.29) is 12.1 Å². The first-order valence-corrected chi connectivity index (χ1v) is 6.83. The van der Waals surface area contributed by atoms with Crippen molar-refractivity contribution in [3.05, 3.63) is 0 Å². The molecule has 0 radical (unpaired) electrons. The van der Waals surface area contributed by atoms with Crippen LogP contribution in [0.4, 0.5) is 0 Å². The lowest BCUT2D eigenvalue weighted by Gasteiger charge is -2.39. The highest BCUT2D eigenvalue weighted by atomic mass is 16.3. The van der Waals surface area contributed by atoms with E-state index in [9.17, 15) is 5.11 Å². The molecule has 0 saturated carbocycles. The number of hydrogen-bond donors (Lipinski definition) is 2. The highest BCUT2D eigenvalue weighted by molar-refractivity contribution is 4.88. The normalized spacial score (nSPS) is 16.2. The zero-order chi connectivity index (χ0) is 13.6. The molecule has 0 spiro atoms. The van der Waals surface area contributed by atoms with Gasteiger partial charge in [-0.3, -0.25) is 4.90 Å². The molecule has 1 atom stereocenters. The minimum atomic E-state index is -0.215. The second-order valence-electron chi connectivity index (χ2n) is 6.43. The summed E-state index contributed by atoms with van der Waals surface area (Å²) < 4.78 is 0. The second-order valence-corrected chi connectivity index (χ2v) is 6.43. The molecule has 0 aromatic carbocycles. The third-order valence-electron chi connectivity index (χ3n) is 2.87. The number of nitrogens with one attached hydrogen (secondary N) is 1. The van der Waals surface area contributed by atoms with E-state index < -0.39 is 0 Å². The van der Waals surface area contributed by atoms with Crippen LogP contribution < -0.4 is 5.32 Å². The molecular formula is C14H32N2O. The van der Waals surface area contributed by atoms with Gasteiger partial charge < -0.3 is 10.4 Å². The Kier molecular flexibility index (Phi) is 7.29. The number of nitrogens with zero attached hydrogens (tertiary/aromatic N) is 1. The molecule has 0 aliphatic heterocycles. The van der Waals surface area contributed by atoms with Gasteiger partial charge in [0.1, 0.15) is 0 Å². The van der Waals surface area contributed by atoms with E-state index in [2.05, 4.69) is 58.7 Å². The molecule has 3 heteroatoms. The summed E-state index contributed by atoms with van der Waals surface area (Å²) in [6.07, 6.45) is 0. The molecule has 0 aromatic rings. The van der Waals surface area contributed by atoms with Gasteiger partial charge in [0.25, 0.3) is 0 Å². The molecule has 0 aliphatic rings. The number of aliphatic hydroxyl groups is 1. The minimum Gasteiger partial charge on any atom is -0.394 e. The molecule has 0 saturated heterocycles. The van der Waals surface area contributed by atoms with Crippen molar-refractivity contribution in [2.75, 3.05) is 19.7 Å². The molecule has 0 bridgehead atoms. The zero-order valence-electron chi connectivity index (χ0n) is 12.7. The first-order chi connectivity index (χ1) is 7.70. The van der Waals surface area contributed by atoms with Gasteiger partial charge in [0, 0.05) is 25.2 Å². The lowest BCUT2D eigenvalue weighted by molar-refractivity contribution is 0.0898. The lowest BCUT2D eigenvalue weighted by atomic mass is 10.00. The molecule has 0 fully saturated rings. The molecule has 1 unspecified atom stereocenters. The van der Waals surface area contributed by atoms with Gasteiger partial charge in [-0.25, -0.2) is 0 Å². The predicted molar refractivity (Wildman–Crippen MR) is 75.3 cm³/mol. The van der Waals surface area contributed by atoms with Crippen LogP contribution in [-0.4, -0.2) is 47.3 Å². The fourth-order valence-corrected chi connectivity index (χ4v) is 2.21. The number of aliphatic hydroxyl groups excluding tert-OH is 1. The molecule has 0 aromatic heterocycles. The smallest absolute Gasteiger partial charge is 0.0623 e. The summed E-state index contributed by atoms with van der Waals surface area (Å²) in [5.41, 5.74) is -0.215. The highest BCUT2D eigenvalue weighted by Crippen LogP contribution is 2.12. The average Bonchev–Trinajstić information content (AvgIpc) is 2.14. The maximum atomic E-state index is 9.61. The van der Waals surface area contributed by atoms with Crippen molar-refractivity contribution in [3.8, 4) is 0 Å². The Labute approximate surface area is 108 Å². The van der Waals surface area contributed by atoms with Crippen LogP contribution in [0.1, 0.15) is 48.5 Å². The Morgan fingerprint density at radius 2 is 1.65 bits per heavy atom. The van der Waals surface area contributed by atoms with E-state index in [0.29, 0.717) is 18.0 Å². The maximum Gasteiger partial charge on any atom is 0.0623 e. The van der Waals surface area contributed by atoms with Gasteiger partial charge in [-0.2, -0.15) is 0 Å². The van der Waals surface area contributed by atoms with Crippen LogP contribution in [0.15, 0.2) is 0 Å². The van der Waals surface area contributed by atoms with Gasteiger partial charge in [0.2, 0.25) is 0 Å². The van der Waals surface area contributed by atoms with Crippen LogP contribution in [0.25, 0.3) is 0 Å². The van der Waals surface area contributed by atoms with Crippen LogP contribution in [0.5, 0.6) is 0 Å². The fraction of sp³-hybridized carbons (Fsp3) is 1.00. The predicted octanol–water partition coefficient (Wildman–Crippen LogP) is 2.10. The molecule has 3 nitrogen and oxygen atoms in total. The molecule has 0 heterocycles. The third-order valence-corrected chi connectivity index (χ3v) is 2.87. The van der Waals surface area contributed by atoms with Crippen LogP contribution in [0.3, 0.4) is 0 Å². The van der Waals surface area contributed by atoms with E-state index in [4.69, 9.17) is 0 Å². The summed E-state index contributed by atoms with van der Waals surface area (Å²) in [6.45, 7) is 17.4. The second kappa shape index (κ2) is 7.34. The third kappa shape index (κ3) is 7.02. The fourth-order valence-electron chi connectivity index (χ4n) is 2.21. The Bertz CT molecular complexity index is 204. The summed E-state index contributed by atoms with van der Waals surface area (Å²) in [7, 11) is 0. The van der Waals surface area contributed by atoms with Crippen LogP contribution >= 0.6 is 0 Å². The van der Waals surface area contributed by atoms with Gasteiger partial charge >= 0.3 is 0 Å². The summed E-state index contributed by atoms with van der Waals surface area (Å²) in [4.78, 5) is 2.44. The van der Waals surface area contributed by atoms with Crippen molar-refractivity contribution in [2.24, 2.45) is 5.92 Å². The summed E-state index contributed by atoms with van der Waals surface area (Å²) in [5.74, 6) is 0.652. The van der Waals surface area contributed by atoms with Crippen LogP contribution in [0, 0.1) is 5.92 Å². The van der Waals surface area contributed by atoms with Crippen molar-refractivity contribution in [1.82, 2.24) is 10.2 Å². The zero-order valence-corrected chi connectivity index (χ0v) is 12.7. The maximum absolute atomic E-state index is 9.61. The van der Waals surface area contributed by atoms with Crippen molar-refractivity contribution in [1.29, 1.82) is 0 Å². The topological polar surface area (TPSA) is 35.5 Å². The van der Waals surface area contributed by atoms with E-state index in [1.54, 1.807) is 0 Å². The Morgan fingerprint density at radius 3 is 1.94 bits per heavy atom. The van der Waals surface area contributed by atoms with Gasteiger partial charge in [0.05, 0.1) is 12.1 Å². The van der Waals surface area contributed by atoms with Gasteiger partial charge in [0.15, 0.2) is 0 Å². The molecule has 17 heavy (non-hydrogen) atoms. The quantitative estimate of drug-likeness (QED) is 0.686. The first-order valence-electron chi connectivity index (χ1n) is 6.83. The van der Waals surface area contributed by atoms with E-state index in [0.717, 1.165) is 13.1 Å². The largest absolute Gasteiger partial charge is 0.394 e. The lowest BCUT2D eigenvalue weighted by Crippen LogP contribution is -2.57. The Balaban J connectivity index is 4.57. The standard InChI is InChI=1S/C14H32N2O/c1-11(2)8-16(13(5)6)9-14(7,10-17)15-12(3)4/h11-13,15,17H,8-10H2,1-7H3. The van der Waals surface area contributed by atoms with Gasteiger partial charge in [-0.05, 0) is 26.7 Å². The van der Waals surface area contributed by atoms with E-state index in [1.165, 1.54) is 0 Å². The van der Waals surface area contributed by atoms with Crippen molar-refractivity contribution < 1.29 is 5.11 Å². The Morgan fingerprint density at radius 1 is 1.12 bits per heavy atom. The summed E-state index contributed by atoms with van der Waals surface area (Å²) in [5, 5.41) is 13.1. The van der Waals surface area contributed by atoms with Gasteiger partial charge in [-0.15, -0.1) is 0 Å². The van der Waals surface area contributed by atoms with Gasteiger partial charge in [-0.1, -0.05) is 27.7 Å². The van der Waals surface area contributed by atoms with E-state index in [1.807, 2.05) is 0 Å². The van der Waals surface area contributed by atoms with Crippen molar-refractivity contribution in [3.63, 3.8) is 0 Å². The molecule has 104 valence electrons. The number of hydrogen-bond acceptors (Lipinski definition) is 3. The van der Waals surface area contributed by atoms with Crippen LogP contribution in [0.2, 0.25) is 0 Å². The molecule has 0 aliphatic carbocycles. The highest BCUT2D eigenvalue weighted by Gasteiger charge is 2.28. The Hall–Kier alpha value is -0.120. The van der Waals surface area contributed by atoms with Crippen molar-refractivity contribution >= 4 is 0 Å². The molecular weight excluding hydrogens is 212 g/mol. The molecule has 0 rings (SSSR count). The summed E-state index contributed by atoms with van der Waals surface area (Å²) in [6, 6.07) is 0.900. The first kappa shape index (κ1) is 16.9. The molecule has 2 N–H and O–H groups in total. The van der Waals surface area contributed by atoms with Crippen LogP contribution in [-0.2, 0) is 0 Å². The SMILES string of the molecule is CC(C)CN(CC(C)(CO)NC(C)C)C(C)C. The minimum absolute atomic E-state index is 0.173. The number of rotatable bonds is 8. The summed E-state index contributed by atoms with van der Waals surface area (Å²) >= 11 is 0. The average molecular weight is 244 g/mol.